The standard InChI is InChI=1S/C15H13ClFNO2/c1-2-20-15(19)13-8-11(17)7-12(14(13)18)9-3-5-10(16)6-4-9/h3-8H,2,18H2,1H3. The summed E-state index contributed by atoms with van der Waals surface area (Å²) in [4.78, 5) is 11.8. The number of nitrogen functional groups attached to an aromatic ring is 1. The van der Waals surface area contributed by atoms with E-state index < -0.39 is 11.8 Å². The van der Waals surface area contributed by atoms with Crippen molar-refractivity contribution in [3.8, 4) is 11.1 Å². The van der Waals surface area contributed by atoms with E-state index in [0.717, 1.165) is 6.07 Å². The van der Waals surface area contributed by atoms with Gasteiger partial charge in [-0.2, -0.15) is 0 Å². The molecule has 0 amide bonds. The lowest BCUT2D eigenvalue weighted by molar-refractivity contribution is 0.0527. The molecule has 5 heteroatoms. The van der Waals surface area contributed by atoms with Gasteiger partial charge in [-0.1, -0.05) is 23.7 Å². The SMILES string of the molecule is CCOC(=O)c1cc(F)cc(-c2ccc(Cl)cc2)c1N. The molecule has 0 fully saturated rings. The molecule has 0 saturated heterocycles. The van der Waals surface area contributed by atoms with Crippen molar-refractivity contribution >= 4 is 23.3 Å². The quantitative estimate of drug-likeness (QED) is 0.689. The lowest BCUT2D eigenvalue weighted by atomic mass is 10.00. The summed E-state index contributed by atoms with van der Waals surface area (Å²) in [6.07, 6.45) is 0. The van der Waals surface area contributed by atoms with Crippen LogP contribution in [0.2, 0.25) is 5.02 Å². The fourth-order valence-corrected chi connectivity index (χ4v) is 1.99. The Hall–Kier alpha value is -2.07. The molecule has 0 aromatic heterocycles. The fourth-order valence-electron chi connectivity index (χ4n) is 1.86. The first-order valence-electron chi connectivity index (χ1n) is 6.05. The molecule has 2 rings (SSSR count). The normalized spacial score (nSPS) is 10.3. The van der Waals surface area contributed by atoms with Crippen molar-refractivity contribution in [1.82, 2.24) is 0 Å². The molecule has 0 aliphatic carbocycles. The number of hydrogen-bond donors (Lipinski definition) is 1. The number of nitrogens with two attached hydrogens (primary N) is 1. The van der Waals surface area contributed by atoms with Crippen LogP contribution < -0.4 is 5.73 Å². The van der Waals surface area contributed by atoms with E-state index in [4.69, 9.17) is 22.1 Å². The number of rotatable bonds is 3. The van der Waals surface area contributed by atoms with Gasteiger partial charge in [-0.05, 0) is 36.8 Å². The van der Waals surface area contributed by atoms with Gasteiger partial charge < -0.3 is 10.5 Å². The molecule has 104 valence electrons. The van der Waals surface area contributed by atoms with Gasteiger partial charge in [-0.3, -0.25) is 0 Å². The van der Waals surface area contributed by atoms with Gasteiger partial charge in [0.15, 0.2) is 0 Å². The minimum absolute atomic E-state index is 0.0248. The molecule has 0 saturated carbocycles. The molecule has 3 nitrogen and oxygen atoms in total. The summed E-state index contributed by atoms with van der Waals surface area (Å²) in [5.41, 5.74) is 7.28. The van der Waals surface area contributed by atoms with Crippen LogP contribution in [-0.2, 0) is 4.74 Å². The highest BCUT2D eigenvalue weighted by Crippen LogP contribution is 2.31. The molecule has 0 unspecified atom stereocenters. The number of benzene rings is 2. The Balaban J connectivity index is 2.54. The van der Waals surface area contributed by atoms with E-state index in [9.17, 15) is 9.18 Å². The Bertz CT molecular complexity index is 641. The van der Waals surface area contributed by atoms with Gasteiger partial charge >= 0.3 is 5.97 Å². The summed E-state index contributed by atoms with van der Waals surface area (Å²) in [5, 5.41) is 0.564. The van der Waals surface area contributed by atoms with Crippen molar-refractivity contribution in [3.63, 3.8) is 0 Å². The van der Waals surface area contributed by atoms with E-state index >= 15 is 0 Å². The van der Waals surface area contributed by atoms with Gasteiger partial charge in [0.1, 0.15) is 5.82 Å². The molecule has 2 N–H and O–H groups in total. The largest absolute Gasteiger partial charge is 0.462 e. The molecular formula is C15H13ClFNO2. The van der Waals surface area contributed by atoms with Crippen LogP contribution in [0.3, 0.4) is 0 Å². The van der Waals surface area contributed by atoms with E-state index in [1.165, 1.54) is 6.07 Å². The first-order valence-corrected chi connectivity index (χ1v) is 6.42. The van der Waals surface area contributed by atoms with Crippen molar-refractivity contribution in [2.45, 2.75) is 6.92 Å². The number of halogens is 2. The second kappa shape index (κ2) is 5.92. The maximum absolute atomic E-state index is 13.7. The number of ether oxygens (including phenoxy) is 1. The molecule has 0 spiro atoms. The molecule has 20 heavy (non-hydrogen) atoms. The molecule has 0 radical (unpaired) electrons. The molecular weight excluding hydrogens is 281 g/mol. The Labute approximate surface area is 121 Å². The van der Waals surface area contributed by atoms with Crippen molar-refractivity contribution in [2.75, 3.05) is 12.3 Å². The molecule has 2 aromatic carbocycles. The van der Waals surface area contributed by atoms with Crippen LogP contribution in [0, 0.1) is 5.82 Å². The van der Waals surface area contributed by atoms with Gasteiger partial charge in [-0.25, -0.2) is 9.18 Å². The van der Waals surface area contributed by atoms with E-state index in [0.29, 0.717) is 16.1 Å². The molecule has 2 aromatic rings. The predicted octanol–water partition coefficient (Wildman–Crippen LogP) is 3.91. The summed E-state index contributed by atoms with van der Waals surface area (Å²) in [6.45, 7) is 1.87. The van der Waals surface area contributed by atoms with E-state index in [1.54, 1.807) is 31.2 Å². The summed E-state index contributed by atoms with van der Waals surface area (Å²) < 4.78 is 18.6. The average Bonchev–Trinajstić information content (AvgIpc) is 2.42. The molecule has 0 atom stereocenters. The number of carbonyl (C=O) groups is 1. The Morgan fingerprint density at radius 3 is 2.55 bits per heavy atom. The van der Waals surface area contributed by atoms with Gasteiger partial charge in [0.05, 0.1) is 17.9 Å². The van der Waals surface area contributed by atoms with Crippen molar-refractivity contribution in [2.24, 2.45) is 0 Å². The zero-order chi connectivity index (χ0) is 14.7. The minimum atomic E-state index is -0.639. The van der Waals surface area contributed by atoms with Crippen LogP contribution in [-0.4, -0.2) is 12.6 Å². The summed E-state index contributed by atoms with van der Waals surface area (Å²) in [5.74, 6) is -1.19. The van der Waals surface area contributed by atoms with Crippen LogP contribution in [0.4, 0.5) is 10.1 Å². The van der Waals surface area contributed by atoms with Gasteiger partial charge in [-0.15, -0.1) is 0 Å². The lowest BCUT2D eigenvalue weighted by Gasteiger charge is -2.11. The van der Waals surface area contributed by atoms with Gasteiger partial charge in [0, 0.05) is 10.6 Å². The highest BCUT2D eigenvalue weighted by atomic mass is 35.5. The lowest BCUT2D eigenvalue weighted by Crippen LogP contribution is -2.09. The van der Waals surface area contributed by atoms with Crippen molar-refractivity contribution in [1.29, 1.82) is 0 Å². The smallest absolute Gasteiger partial charge is 0.340 e. The zero-order valence-electron chi connectivity index (χ0n) is 10.8. The Morgan fingerprint density at radius 1 is 1.30 bits per heavy atom. The van der Waals surface area contributed by atoms with Crippen LogP contribution in [0.1, 0.15) is 17.3 Å². The van der Waals surface area contributed by atoms with Crippen LogP contribution in [0.5, 0.6) is 0 Å². The van der Waals surface area contributed by atoms with Gasteiger partial charge in [0.25, 0.3) is 0 Å². The van der Waals surface area contributed by atoms with E-state index in [2.05, 4.69) is 0 Å². The predicted molar refractivity (Wildman–Crippen MR) is 77.2 cm³/mol. The molecule has 0 aliphatic rings. The van der Waals surface area contributed by atoms with Crippen molar-refractivity contribution < 1.29 is 13.9 Å². The third-order valence-electron chi connectivity index (χ3n) is 2.80. The number of esters is 1. The molecule has 0 bridgehead atoms. The van der Waals surface area contributed by atoms with E-state index in [1.807, 2.05) is 0 Å². The minimum Gasteiger partial charge on any atom is -0.462 e. The first kappa shape index (κ1) is 14.3. The third kappa shape index (κ3) is 2.91. The van der Waals surface area contributed by atoms with Gasteiger partial charge in [0.2, 0.25) is 0 Å². The summed E-state index contributed by atoms with van der Waals surface area (Å²) in [6, 6.07) is 9.12. The first-order chi connectivity index (χ1) is 9.52. The number of carbonyl (C=O) groups excluding carboxylic acids is 1. The topological polar surface area (TPSA) is 52.3 Å². The second-order valence-electron chi connectivity index (χ2n) is 4.14. The monoisotopic (exact) mass is 293 g/mol. The molecule has 0 heterocycles. The van der Waals surface area contributed by atoms with Crippen LogP contribution in [0.15, 0.2) is 36.4 Å². The number of anilines is 1. The Kier molecular flexibility index (Phi) is 4.25. The maximum Gasteiger partial charge on any atom is 0.340 e. The molecule has 0 aliphatic heterocycles. The van der Waals surface area contributed by atoms with Crippen LogP contribution in [0.25, 0.3) is 11.1 Å². The Morgan fingerprint density at radius 2 is 1.95 bits per heavy atom. The number of hydrogen-bond acceptors (Lipinski definition) is 3. The van der Waals surface area contributed by atoms with E-state index in [-0.39, 0.29) is 17.9 Å². The maximum atomic E-state index is 13.7. The summed E-state index contributed by atoms with van der Waals surface area (Å²) in [7, 11) is 0. The average molecular weight is 294 g/mol. The highest BCUT2D eigenvalue weighted by molar-refractivity contribution is 6.30. The third-order valence-corrected chi connectivity index (χ3v) is 3.05. The highest BCUT2D eigenvalue weighted by Gasteiger charge is 2.17. The zero-order valence-corrected chi connectivity index (χ0v) is 11.6. The van der Waals surface area contributed by atoms with Crippen LogP contribution >= 0.6 is 11.6 Å². The second-order valence-corrected chi connectivity index (χ2v) is 4.58. The van der Waals surface area contributed by atoms with Crippen molar-refractivity contribution in [3.05, 3.63) is 52.8 Å². The summed E-state index contributed by atoms with van der Waals surface area (Å²) >= 11 is 5.81. The fraction of sp³-hybridized carbons (Fsp3) is 0.133.